The molecule has 1 aromatic rings. The van der Waals surface area contributed by atoms with Crippen molar-refractivity contribution in [3.05, 3.63) is 33.3 Å². The number of halogens is 3. The van der Waals surface area contributed by atoms with Gasteiger partial charge in [-0.05, 0) is 82.2 Å². The summed E-state index contributed by atoms with van der Waals surface area (Å²) in [4.78, 5) is 43.5. The first kappa shape index (κ1) is 46.5. The number of Topliss-reactive ketones (excluding diaryl/α,β-unsaturated/α-hetero) is 1. The molecule has 0 saturated carbocycles. The van der Waals surface area contributed by atoms with Gasteiger partial charge < -0.3 is 24.1 Å². The van der Waals surface area contributed by atoms with Crippen LogP contribution in [0.25, 0.3) is 6.08 Å². The van der Waals surface area contributed by atoms with E-state index in [1.165, 1.54) is 0 Å². The monoisotopic (exact) mass is 797 g/mol. The summed E-state index contributed by atoms with van der Waals surface area (Å²) in [5.74, 6) is -2.45. The van der Waals surface area contributed by atoms with Gasteiger partial charge in [-0.25, -0.2) is 9.78 Å². The smallest absolute Gasteiger partial charge is 0.481 e. The zero-order chi connectivity index (χ0) is 38.4. The van der Waals surface area contributed by atoms with E-state index in [2.05, 4.69) is 4.98 Å². The number of ketones is 1. The predicted molar refractivity (Wildman–Crippen MR) is 207 cm³/mol. The number of ether oxygens (including phenoxy) is 2. The molecule has 5 atom stereocenters. The van der Waals surface area contributed by atoms with Gasteiger partial charge in [-0.2, -0.15) is 0 Å². The Balaban J connectivity index is 3.16. The molecular formula is C36H58Cl3NO8SSi. The molecule has 0 aliphatic rings. The molecule has 1 aromatic heterocycles. The largest absolute Gasteiger partial charge is 0.508 e. The van der Waals surface area contributed by atoms with Crippen molar-refractivity contribution in [3.8, 4) is 0 Å². The number of aromatic nitrogens is 1. The maximum atomic E-state index is 14.3. The number of carbonyl (C=O) groups excluding carboxylic acids is 2. The van der Waals surface area contributed by atoms with E-state index in [0.717, 1.165) is 52.8 Å². The summed E-state index contributed by atoms with van der Waals surface area (Å²) < 4.78 is 15.6. The van der Waals surface area contributed by atoms with E-state index in [-0.39, 0.29) is 18.1 Å². The highest BCUT2D eigenvalue weighted by Gasteiger charge is 2.47. The Morgan fingerprint density at radius 3 is 2.18 bits per heavy atom. The van der Waals surface area contributed by atoms with Crippen LogP contribution in [0.2, 0.25) is 18.1 Å². The summed E-state index contributed by atoms with van der Waals surface area (Å²) >= 11 is 18.9. The normalized spacial score (nSPS) is 16.4. The predicted octanol–water partition coefficient (Wildman–Crippen LogP) is 10.3. The number of carbonyl (C=O) groups is 3. The van der Waals surface area contributed by atoms with Crippen molar-refractivity contribution < 1.29 is 38.5 Å². The van der Waals surface area contributed by atoms with E-state index in [9.17, 15) is 24.6 Å². The van der Waals surface area contributed by atoms with Gasteiger partial charge in [0.2, 0.25) is 3.79 Å². The fourth-order valence-corrected chi connectivity index (χ4v) is 9.76. The number of aryl methyl sites for hydroxylation is 1. The molecule has 0 unspecified atom stereocenters. The van der Waals surface area contributed by atoms with Gasteiger partial charge in [-0.1, -0.05) is 94.9 Å². The Kier molecular flexibility index (Phi) is 19.8. The highest BCUT2D eigenvalue weighted by molar-refractivity contribution is 7.09. The molecule has 0 aromatic carbocycles. The lowest BCUT2D eigenvalue weighted by Crippen LogP contribution is -2.51. The zero-order valence-electron chi connectivity index (χ0n) is 31.3. The number of allylic oxidation sites excluding steroid dienone is 1. The van der Waals surface area contributed by atoms with Crippen LogP contribution >= 0.6 is 46.1 Å². The highest BCUT2D eigenvalue weighted by Crippen LogP contribution is 2.38. The summed E-state index contributed by atoms with van der Waals surface area (Å²) in [5, 5.41) is 23.4. The second kappa shape index (κ2) is 21.3. The maximum Gasteiger partial charge on any atom is 0.508 e. The van der Waals surface area contributed by atoms with Crippen LogP contribution < -0.4 is 0 Å². The molecule has 286 valence electrons. The summed E-state index contributed by atoms with van der Waals surface area (Å²) in [6.07, 6.45) is 2.64. The molecule has 0 fully saturated rings. The Morgan fingerprint density at radius 1 is 1.08 bits per heavy atom. The number of rotatable bonds is 22. The van der Waals surface area contributed by atoms with Gasteiger partial charge in [0, 0.05) is 10.8 Å². The number of nitrogens with zero attached hydrogens (tertiary/aromatic N) is 1. The van der Waals surface area contributed by atoms with Crippen LogP contribution in [0.1, 0.15) is 105 Å². The molecule has 2 N–H and O–H groups in total. The van der Waals surface area contributed by atoms with Gasteiger partial charge in [0.05, 0.1) is 35.2 Å². The number of thiazole rings is 1. The third kappa shape index (κ3) is 15.6. The topological polar surface area (TPSA) is 132 Å². The standard InChI is InChI=1S/C36H58Cl3NO8SSi/c1-11-50(12-2,13-3)48-30(20-31(42)43)35(9,10)33(44)26(7)32(47-34(45)46-22-36(37,38)39)24(5)16-14-15-23(4)17-18-29(41)25(6)19-28-21-49-27(8)40-28/h17,19,21,24,26,29-30,32,41H,11-16,18,20,22H2,1-10H3,(H,42,43)/t24-,26+,29-,30-,32-/m0/s1. The SMILES string of the molecule is CC[Si](CC)(CC)O[C@@H](CC(=O)O)C(C)(C)C(=O)[C@H](C)[C@@H](OC(=O)OCC(Cl)(Cl)Cl)[C@@H](C)CCCC(C)=CC[C@H](O)C(C)=Cc1csc(C)n1. The minimum atomic E-state index is -2.29. The first-order valence-corrected chi connectivity index (χ1v) is 21.9. The fraction of sp³-hybridized carbons (Fsp3) is 0.722. The number of aliphatic hydroxyl groups excluding tert-OH is 1. The molecule has 14 heteroatoms. The van der Waals surface area contributed by atoms with Crippen molar-refractivity contribution in [2.75, 3.05) is 6.61 Å². The second-order valence-electron chi connectivity index (χ2n) is 13.9. The van der Waals surface area contributed by atoms with Crippen LogP contribution in [0, 0.1) is 24.2 Å². The van der Waals surface area contributed by atoms with Crippen molar-refractivity contribution in [2.24, 2.45) is 17.3 Å². The van der Waals surface area contributed by atoms with Gasteiger partial charge in [0.25, 0.3) is 0 Å². The van der Waals surface area contributed by atoms with E-state index >= 15 is 0 Å². The first-order valence-electron chi connectivity index (χ1n) is 17.4. The Labute approximate surface area is 319 Å². The van der Waals surface area contributed by atoms with Crippen LogP contribution in [0.5, 0.6) is 0 Å². The van der Waals surface area contributed by atoms with Crippen LogP contribution in [-0.4, -0.2) is 70.1 Å². The third-order valence-electron chi connectivity index (χ3n) is 9.64. The lowest BCUT2D eigenvalue weighted by molar-refractivity contribution is -0.147. The van der Waals surface area contributed by atoms with E-state index in [1.807, 2.05) is 66.0 Å². The summed E-state index contributed by atoms with van der Waals surface area (Å²) in [6.45, 7) is 18.4. The maximum absolute atomic E-state index is 14.3. The van der Waals surface area contributed by atoms with Gasteiger partial charge in [0.1, 0.15) is 18.5 Å². The second-order valence-corrected chi connectivity index (χ2v) is 22.2. The molecule has 0 amide bonds. The van der Waals surface area contributed by atoms with Crippen LogP contribution in [0.3, 0.4) is 0 Å². The molecule has 0 saturated heterocycles. The molecule has 1 rings (SSSR count). The third-order valence-corrected chi connectivity index (χ3v) is 15.4. The van der Waals surface area contributed by atoms with E-state index in [1.54, 1.807) is 32.1 Å². The average Bonchev–Trinajstić information content (AvgIpc) is 3.45. The number of hydrogen-bond donors (Lipinski definition) is 2. The summed E-state index contributed by atoms with van der Waals surface area (Å²) in [6, 6.07) is 2.38. The Hall–Kier alpha value is -1.47. The van der Waals surface area contributed by atoms with Gasteiger partial charge >= 0.3 is 12.1 Å². The van der Waals surface area contributed by atoms with Crippen molar-refractivity contribution >= 4 is 78.4 Å². The number of hydrogen-bond acceptors (Lipinski definition) is 9. The average molecular weight is 799 g/mol. The molecule has 0 aliphatic heterocycles. The number of alkyl halides is 3. The summed E-state index contributed by atoms with van der Waals surface area (Å²) in [5.41, 5.74) is 1.57. The Bertz CT molecular complexity index is 1300. The Morgan fingerprint density at radius 2 is 1.68 bits per heavy atom. The summed E-state index contributed by atoms with van der Waals surface area (Å²) in [7, 11) is -2.29. The molecular weight excluding hydrogens is 741 g/mol. The fourth-order valence-electron chi connectivity index (χ4n) is 6.04. The first-order chi connectivity index (χ1) is 23.1. The molecule has 0 aliphatic carbocycles. The molecule has 9 nitrogen and oxygen atoms in total. The molecule has 0 spiro atoms. The van der Waals surface area contributed by atoms with Gasteiger partial charge in [0.15, 0.2) is 8.32 Å². The molecule has 50 heavy (non-hydrogen) atoms. The van der Waals surface area contributed by atoms with Crippen molar-refractivity contribution in [1.29, 1.82) is 0 Å². The van der Waals surface area contributed by atoms with Gasteiger partial charge in [-0.3, -0.25) is 9.59 Å². The zero-order valence-corrected chi connectivity index (χ0v) is 35.4. The highest BCUT2D eigenvalue weighted by atomic mass is 35.6. The van der Waals surface area contributed by atoms with Crippen molar-refractivity contribution in [3.63, 3.8) is 0 Å². The minimum absolute atomic E-state index is 0.276. The number of aliphatic hydroxyl groups is 1. The lowest BCUT2D eigenvalue weighted by atomic mass is 9.73. The quantitative estimate of drug-likeness (QED) is 0.0509. The van der Waals surface area contributed by atoms with Gasteiger partial charge in [-0.15, -0.1) is 11.3 Å². The van der Waals surface area contributed by atoms with Crippen molar-refractivity contribution in [1.82, 2.24) is 4.98 Å². The van der Waals surface area contributed by atoms with Crippen LogP contribution in [-0.2, 0) is 23.5 Å². The lowest BCUT2D eigenvalue weighted by Gasteiger charge is -2.42. The molecule has 0 radical (unpaired) electrons. The number of carboxylic acid groups (broad SMARTS) is 1. The van der Waals surface area contributed by atoms with Crippen LogP contribution in [0.4, 0.5) is 4.79 Å². The van der Waals surface area contributed by atoms with E-state index in [0.29, 0.717) is 12.8 Å². The molecule has 0 bridgehead atoms. The van der Waals surface area contributed by atoms with E-state index in [4.69, 9.17) is 48.7 Å². The van der Waals surface area contributed by atoms with Crippen molar-refractivity contribution in [2.45, 2.75) is 142 Å². The number of carboxylic acids is 1. The number of aliphatic carboxylic acids is 1. The molecule has 1 heterocycles. The van der Waals surface area contributed by atoms with E-state index < -0.39 is 60.5 Å². The van der Waals surface area contributed by atoms with Crippen LogP contribution in [0.15, 0.2) is 22.6 Å². The minimum Gasteiger partial charge on any atom is -0.481 e.